The second kappa shape index (κ2) is 5.11. The SMILES string of the molecule is C=C[C@H]1CCC[C@@]2(C)[C@H]1[C@H](O)C[C@H]1CC3(OCCO3)[C@@]3(C)CC[C@]12C3. The Bertz CT molecular complexity index is 582. The normalized spacial score (nSPS) is 56.4. The van der Waals surface area contributed by atoms with Gasteiger partial charge in [-0.2, -0.15) is 0 Å². The van der Waals surface area contributed by atoms with Gasteiger partial charge in [0.15, 0.2) is 5.79 Å². The minimum absolute atomic E-state index is 0.136. The Hall–Kier alpha value is -0.380. The second-order valence-corrected chi connectivity index (χ2v) is 10.3. The standard InChI is InChI=1S/C22H34O3/c1-4-15-6-5-7-20(3)18(15)17(23)12-16-13-22(24-10-11-25-22)19(2)8-9-21(16,20)14-19/h4,15-18,23H,1,5-14H2,2-3H3/t15-,16-,17+,18+,19-,20-,21-/m0/s1. The first-order valence-corrected chi connectivity index (χ1v) is 10.5. The Morgan fingerprint density at radius 3 is 2.60 bits per heavy atom. The number of aliphatic hydroxyl groups is 1. The molecule has 1 N–H and O–H groups in total. The lowest BCUT2D eigenvalue weighted by atomic mass is 9.39. The van der Waals surface area contributed by atoms with E-state index in [-0.39, 0.29) is 22.7 Å². The Labute approximate surface area is 152 Å². The van der Waals surface area contributed by atoms with Crippen molar-refractivity contribution >= 4 is 0 Å². The van der Waals surface area contributed by atoms with Gasteiger partial charge in [0, 0.05) is 11.8 Å². The van der Waals surface area contributed by atoms with Crippen LogP contribution in [0.2, 0.25) is 0 Å². The Morgan fingerprint density at radius 1 is 1.12 bits per heavy atom. The minimum Gasteiger partial charge on any atom is -0.393 e. The first-order chi connectivity index (χ1) is 11.9. The number of allylic oxidation sites excluding steroid dienone is 1. The van der Waals surface area contributed by atoms with Gasteiger partial charge in [0.2, 0.25) is 0 Å². The van der Waals surface area contributed by atoms with Gasteiger partial charge in [0.25, 0.3) is 0 Å². The van der Waals surface area contributed by atoms with Crippen LogP contribution in [0.4, 0.5) is 0 Å². The summed E-state index contributed by atoms with van der Waals surface area (Å²) in [4.78, 5) is 0. The molecule has 4 aliphatic carbocycles. The molecule has 4 saturated carbocycles. The van der Waals surface area contributed by atoms with E-state index in [9.17, 15) is 5.11 Å². The maximum Gasteiger partial charge on any atom is 0.174 e. The van der Waals surface area contributed by atoms with E-state index in [2.05, 4.69) is 26.5 Å². The van der Waals surface area contributed by atoms with E-state index in [0.717, 1.165) is 26.1 Å². The highest BCUT2D eigenvalue weighted by Crippen LogP contribution is 2.77. The largest absolute Gasteiger partial charge is 0.393 e. The fourth-order valence-electron chi connectivity index (χ4n) is 8.51. The molecule has 0 unspecified atom stereocenters. The van der Waals surface area contributed by atoms with Crippen LogP contribution in [0.1, 0.15) is 65.2 Å². The molecular formula is C22H34O3. The number of hydrogen-bond acceptors (Lipinski definition) is 3. The zero-order chi connectivity index (χ0) is 17.5. The molecule has 0 aromatic rings. The van der Waals surface area contributed by atoms with Crippen molar-refractivity contribution in [3.05, 3.63) is 12.7 Å². The maximum absolute atomic E-state index is 11.2. The fraction of sp³-hybridized carbons (Fsp3) is 0.909. The van der Waals surface area contributed by atoms with Gasteiger partial charge in [0.05, 0.1) is 19.3 Å². The van der Waals surface area contributed by atoms with Crippen molar-refractivity contribution in [1.29, 1.82) is 0 Å². The first kappa shape index (κ1) is 16.8. The summed E-state index contributed by atoms with van der Waals surface area (Å²) in [5.74, 6) is 1.01. The summed E-state index contributed by atoms with van der Waals surface area (Å²) >= 11 is 0. The van der Waals surface area contributed by atoms with Crippen LogP contribution in [0.25, 0.3) is 0 Å². The average Bonchev–Trinajstić information content (AvgIpc) is 3.17. The van der Waals surface area contributed by atoms with Crippen molar-refractivity contribution in [2.45, 2.75) is 77.1 Å². The number of fused-ring (bicyclic) bond motifs is 3. The summed E-state index contributed by atoms with van der Waals surface area (Å²) in [7, 11) is 0. The van der Waals surface area contributed by atoms with Crippen LogP contribution in [0.15, 0.2) is 12.7 Å². The lowest BCUT2D eigenvalue weighted by Gasteiger charge is -2.67. The van der Waals surface area contributed by atoms with Crippen LogP contribution in [0.3, 0.4) is 0 Å². The highest BCUT2D eigenvalue weighted by Gasteiger charge is 2.74. The molecule has 3 nitrogen and oxygen atoms in total. The van der Waals surface area contributed by atoms with E-state index < -0.39 is 0 Å². The number of ether oxygens (including phenoxy) is 2. The van der Waals surface area contributed by atoms with Crippen LogP contribution in [0, 0.1) is 34.0 Å². The molecule has 0 aromatic carbocycles. The molecular weight excluding hydrogens is 312 g/mol. The van der Waals surface area contributed by atoms with Crippen molar-refractivity contribution < 1.29 is 14.6 Å². The first-order valence-electron chi connectivity index (χ1n) is 10.5. The van der Waals surface area contributed by atoms with Gasteiger partial charge in [-0.1, -0.05) is 26.3 Å². The van der Waals surface area contributed by atoms with Crippen LogP contribution in [0.5, 0.6) is 0 Å². The third-order valence-electron chi connectivity index (χ3n) is 9.61. The number of aliphatic hydroxyl groups excluding tert-OH is 1. The maximum atomic E-state index is 11.2. The lowest BCUT2D eigenvalue weighted by molar-refractivity contribution is -0.293. The number of hydrogen-bond donors (Lipinski definition) is 1. The molecule has 2 bridgehead atoms. The summed E-state index contributed by atoms with van der Waals surface area (Å²) in [5, 5.41) is 11.2. The van der Waals surface area contributed by atoms with Gasteiger partial charge >= 0.3 is 0 Å². The van der Waals surface area contributed by atoms with Crippen molar-refractivity contribution in [2.75, 3.05) is 13.2 Å². The molecule has 3 heteroatoms. The quantitative estimate of drug-likeness (QED) is 0.720. The van der Waals surface area contributed by atoms with E-state index >= 15 is 0 Å². The van der Waals surface area contributed by atoms with Crippen molar-refractivity contribution in [3.63, 3.8) is 0 Å². The second-order valence-electron chi connectivity index (χ2n) is 10.3. The van der Waals surface area contributed by atoms with Gasteiger partial charge in [-0.25, -0.2) is 0 Å². The lowest BCUT2D eigenvalue weighted by Crippen LogP contribution is -2.65. The summed E-state index contributed by atoms with van der Waals surface area (Å²) < 4.78 is 12.6. The molecule has 0 amide bonds. The third-order valence-corrected chi connectivity index (χ3v) is 9.61. The molecule has 0 radical (unpaired) electrons. The monoisotopic (exact) mass is 346 g/mol. The highest BCUT2D eigenvalue weighted by atomic mass is 16.7. The molecule has 1 saturated heterocycles. The predicted molar refractivity (Wildman–Crippen MR) is 96.9 cm³/mol. The van der Waals surface area contributed by atoms with E-state index in [0.29, 0.717) is 23.2 Å². The third kappa shape index (κ3) is 1.83. The number of rotatable bonds is 1. The molecule has 7 atom stereocenters. The van der Waals surface area contributed by atoms with E-state index in [1.807, 2.05) is 0 Å². The van der Waals surface area contributed by atoms with Crippen molar-refractivity contribution in [2.24, 2.45) is 34.0 Å². The fourth-order valence-corrected chi connectivity index (χ4v) is 8.51. The molecule has 0 aromatic heterocycles. The summed E-state index contributed by atoms with van der Waals surface area (Å²) in [6.45, 7) is 10.5. The van der Waals surface area contributed by atoms with Gasteiger partial charge < -0.3 is 14.6 Å². The Morgan fingerprint density at radius 2 is 1.88 bits per heavy atom. The van der Waals surface area contributed by atoms with Crippen LogP contribution in [-0.2, 0) is 9.47 Å². The van der Waals surface area contributed by atoms with Gasteiger partial charge in [-0.3, -0.25) is 0 Å². The summed E-state index contributed by atoms with van der Waals surface area (Å²) in [6, 6.07) is 0. The molecule has 5 aliphatic rings. The predicted octanol–water partition coefficient (Wildman–Crippen LogP) is 4.30. The van der Waals surface area contributed by atoms with Crippen molar-refractivity contribution in [3.8, 4) is 0 Å². The smallest absolute Gasteiger partial charge is 0.174 e. The molecule has 140 valence electrons. The molecule has 25 heavy (non-hydrogen) atoms. The molecule has 2 spiro atoms. The van der Waals surface area contributed by atoms with E-state index in [4.69, 9.17) is 9.47 Å². The van der Waals surface area contributed by atoms with E-state index in [1.54, 1.807) is 0 Å². The molecule has 1 heterocycles. The zero-order valence-electron chi connectivity index (χ0n) is 15.9. The summed E-state index contributed by atoms with van der Waals surface area (Å²) in [6.07, 6.45) is 11.3. The van der Waals surface area contributed by atoms with Gasteiger partial charge in [-0.05, 0) is 67.1 Å². The van der Waals surface area contributed by atoms with Crippen LogP contribution < -0.4 is 0 Å². The minimum atomic E-state index is -0.382. The molecule has 5 rings (SSSR count). The Kier molecular flexibility index (Phi) is 3.43. The molecule has 1 aliphatic heterocycles. The Balaban J connectivity index is 1.60. The van der Waals surface area contributed by atoms with E-state index in [1.165, 1.54) is 38.5 Å². The highest BCUT2D eigenvalue weighted by molar-refractivity contribution is 5.21. The summed E-state index contributed by atoms with van der Waals surface area (Å²) in [5.41, 5.74) is 0.718. The van der Waals surface area contributed by atoms with Crippen LogP contribution in [-0.4, -0.2) is 30.2 Å². The van der Waals surface area contributed by atoms with Gasteiger partial charge in [0.1, 0.15) is 0 Å². The topological polar surface area (TPSA) is 38.7 Å². The van der Waals surface area contributed by atoms with Gasteiger partial charge in [-0.15, -0.1) is 6.58 Å². The molecule has 5 fully saturated rings. The van der Waals surface area contributed by atoms with Crippen LogP contribution >= 0.6 is 0 Å². The average molecular weight is 347 g/mol. The van der Waals surface area contributed by atoms with Crippen molar-refractivity contribution in [1.82, 2.24) is 0 Å². The zero-order valence-corrected chi connectivity index (χ0v) is 15.9.